The monoisotopic (exact) mass is 870 g/mol. The zero-order valence-electron chi connectivity index (χ0n) is 36.8. The van der Waals surface area contributed by atoms with Crippen molar-refractivity contribution in [3.8, 4) is 0 Å². The zero-order valence-corrected chi connectivity index (χ0v) is 37.6. The normalized spacial score (nSPS) is 15.3. The lowest BCUT2D eigenvalue weighted by Gasteiger charge is -2.20. The zero-order chi connectivity index (χ0) is 44.5. The molecule has 0 heterocycles. The van der Waals surface area contributed by atoms with Crippen molar-refractivity contribution < 1.29 is 57.7 Å². The highest BCUT2D eigenvalue weighted by molar-refractivity contribution is 7.47. The molecule has 14 heteroatoms. The third kappa shape index (κ3) is 39.2. The molecule has 0 rings (SSSR count). The predicted octanol–water partition coefficient (Wildman–Crippen LogP) is 9.89. The summed E-state index contributed by atoms with van der Waals surface area (Å²) in [4.78, 5) is 46.0. The third-order valence-electron chi connectivity index (χ3n) is 9.45. The maximum Gasteiger partial charge on any atom is 0.472 e. The Hall–Kier alpha value is -2.90. The van der Waals surface area contributed by atoms with E-state index in [0.29, 0.717) is 12.8 Å². The van der Waals surface area contributed by atoms with E-state index in [0.717, 1.165) is 57.8 Å². The molecular weight excluding hydrogens is 789 g/mol. The molecule has 0 radical (unpaired) electrons. The van der Waals surface area contributed by atoms with E-state index >= 15 is 0 Å². The Bertz CT molecular complexity index is 1280. The van der Waals surface area contributed by atoms with E-state index in [1.807, 2.05) is 24.3 Å². The summed E-state index contributed by atoms with van der Waals surface area (Å²) < 4.78 is 32.5. The van der Waals surface area contributed by atoms with E-state index in [4.69, 9.17) is 24.8 Å². The van der Waals surface area contributed by atoms with Gasteiger partial charge in [0.2, 0.25) is 0 Å². The molecule has 0 amide bonds. The molecule has 346 valence electrons. The fourth-order valence-electron chi connectivity index (χ4n) is 5.80. The van der Waals surface area contributed by atoms with Crippen molar-refractivity contribution in [2.24, 2.45) is 5.73 Å². The number of aliphatic carboxylic acids is 1. The second-order valence-corrected chi connectivity index (χ2v) is 16.7. The molecule has 0 saturated carbocycles. The molecule has 0 bridgehead atoms. The van der Waals surface area contributed by atoms with Crippen LogP contribution in [0.4, 0.5) is 0 Å². The summed E-state index contributed by atoms with van der Waals surface area (Å²) in [5.74, 6) is -2.65. The quantitative estimate of drug-likeness (QED) is 0.0127. The highest BCUT2D eigenvalue weighted by atomic mass is 31.2. The minimum atomic E-state index is -4.79. The van der Waals surface area contributed by atoms with Crippen LogP contribution in [0.5, 0.6) is 0 Å². The first-order chi connectivity index (χ1) is 28.9. The van der Waals surface area contributed by atoms with Gasteiger partial charge in [-0.05, 0) is 57.8 Å². The molecule has 13 nitrogen and oxygen atoms in total. The van der Waals surface area contributed by atoms with Crippen molar-refractivity contribution in [2.45, 2.75) is 192 Å². The first-order valence-corrected chi connectivity index (χ1v) is 24.0. The number of aliphatic hydroxyl groups excluding tert-OH is 2. The van der Waals surface area contributed by atoms with Crippen LogP contribution in [0.2, 0.25) is 0 Å². The first kappa shape index (κ1) is 57.1. The highest BCUT2D eigenvalue weighted by Crippen LogP contribution is 2.43. The van der Waals surface area contributed by atoms with Crippen LogP contribution >= 0.6 is 7.82 Å². The number of ether oxygens (including phenoxy) is 2. The van der Waals surface area contributed by atoms with Crippen LogP contribution in [-0.4, -0.2) is 82.3 Å². The first-order valence-electron chi connectivity index (χ1n) is 22.5. The molecule has 6 N–H and O–H groups in total. The maximum absolute atomic E-state index is 12.6. The predicted molar refractivity (Wildman–Crippen MR) is 238 cm³/mol. The van der Waals surface area contributed by atoms with E-state index in [9.17, 15) is 34.1 Å². The molecule has 5 atom stereocenters. The standard InChI is InChI=1S/C46H80NO12P/c1-3-5-7-8-9-10-11-12-13-14-15-16-17-18-22-25-29-35-44(50)56-37-42(38-57-60(54,55)58-39-43(47)46(52)53)59-45(51)36-30-34-41(49)33-28-24-21-19-20-23-27-32-40(48)31-26-6-4-2/h12-13,20-21,23-24,27-28,32-33,40-43,48-49H,3-11,14-19,22,25-26,29-31,34-39,47H2,1-2H3,(H,52,53)(H,54,55)/b13-12-,23-20-,24-21-,32-27+,33-28+/t40-,41-,42-,43+/m1/s1. The van der Waals surface area contributed by atoms with Crippen LogP contribution < -0.4 is 5.73 Å². The van der Waals surface area contributed by atoms with Crippen molar-refractivity contribution in [2.75, 3.05) is 19.8 Å². The second kappa shape index (κ2) is 40.2. The average molecular weight is 870 g/mol. The number of esters is 2. The van der Waals surface area contributed by atoms with Gasteiger partial charge in [-0.15, -0.1) is 0 Å². The second-order valence-electron chi connectivity index (χ2n) is 15.2. The Labute approximate surface area is 361 Å². The van der Waals surface area contributed by atoms with Gasteiger partial charge in [-0.2, -0.15) is 0 Å². The van der Waals surface area contributed by atoms with Crippen molar-refractivity contribution in [1.82, 2.24) is 0 Å². The number of carboxylic acid groups (broad SMARTS) is 1. The minimum absolute atomic E-state index is 0.0898. The Morgan fingerprint density at radius 1 is 0.600 bits per heavy atom. The molecule has 0 aromatic carbocycles. The van der Waals surface area contributed by atoms with E-state index in [-0.39, 0.29) is 25.7 Å². The highest BCUT2D eigenvalue weighted by Gasteiger charge is 2.28. The number of carbonyl (C=O) groups excluding carboxylic acids is 2. The van der Waals surface area contributed by atoms with Gasteiger partial charge in [0.05, 0.1) is 25.4 Å². The van der Waals surface area contributed by atoms with Crippen molar-refractivity contribution in [3.05, 3.63) is 60.8 Å². The van der Waals surface area contributed by atoms with Gasteiger partial charge in [0.15, 0.2) is 6.10 Å². The van der Waals surface area contributed by atoms with Crippen LogP contribution in [0, 0.1) is 0 Å². The summed E-state index contributed by atoms with van der Waals surface area (Å²) in [5, 5.41) is 29.1. The third-order valence-corrected chi connectivity index (χ3v) is 10.4. The Kier molecular flexibility index (Phi) is 38.2. The molecule has 0 aliphatic heterocycles. The average Bonchev–Trinajstić information content (AvgIpc) is 3.21. The number of carboxylic acids is 1. The summed E-state index contributed by atoms with van der Waals surface area (Å²) >= 11 is 0. The number of phosphoric acid groups is 1. The van der Waals surface area contributed by atoms with Crippen molar-refractivity contribution in [1.29, 1.82) is 0 Å². The van der Waals surface area contributed by atoms with E-state index in [1.165, 1.54) is 57.8 Å². The summed E-state index contributed by atoms with van der Waals surface area (Å²) in [7, 11) is -4.79. The van der Waals surface area contributed by atoms with Crippen LogP contribution in [0.1, 0.15) is 168 Å². The molecular formula is C46H80NO12P. The van der Waals surface area contributed by atoms with Gasteiger partial charge in [0.1, 0.15) is 12.6 Å². The summed E-state index contributed by atoms with van der Waals surface area (Å²) in [5.41, 5.74) is 5.32. The molecule has 1 unspecified atom stereocenters. The number of hydrogen-bond donors (Lipinski definition) is 5. The Morgan fingerprint density at radius 2 is 1.08 bits per heavy atom. The van der Waals surface area contributed by atoms with Gasteiger partial charge in [0, 0.05) is 12.8 Å². The number of phosphoric ester groups is 1. The number of unbranched alkanes of at least 4 members (excludes halogenated alkanes) is 15. The molecule has 0 aromatic heterocycles. The topological polar surface area (TPSA) is 212 Å². The van der Waals surface area contributed by atoms with Crippen molar-refractivity contribution in [3.63, 3.8) is 0 Å². The molecule has 0 saturated heterocycles. The van der Waals surface area contributed by atoms with Crippen LogP contribution in [0.25, 0.3) is 0 Å². The van der Waals surface area contributed by atoms with Crippen LogP contribution in [0.15, 0.2) is 60.8 Å². The van der Waals surface area contributed by atoms with Gasteiger partial charge in [-0.3, -0.25) is 23.4 Å². The van der Waals surface area contributed by atoms with Gasteiger partial charge in [0.25, 0.3) is 0 Å². The lowest BCUT2D eigenvalue weighted by Crippen LogP contribution is -2.34. The van der Waals surface area contributed by atoms with Crippen LogP contribution in [0.3, 0.4) is 0 Å². The molecule has 0 aromatic rings. The SMILES string of the molecule is CCCCCCCC/C=C\CCCCCCCCCC(=O)OC[C@H](COP(=O)(O)OC[C@H](N)C(=O)O)OC(=O)CCC[C@H](O)/C=C/C=C\C/C=C\C=C\[C@H](O)CCCCC. The van der Waals surface area contributed by atoms with E-state index in [2.05, 4.69) is 30.5 Å². The number of hydrogen-bond acceptors (Lipinski definition) is 11. The number of carbonyl (C=O) groups is 3. The summed E-state index contributed by atoms with van der Waals surface area (Å²) in [6, 6.07) is -1.56. The largest absolute Gasteiger partial charge is 0.480 e. The van der Waals surface area contributed by atoms with E-state index in [1.54, 1.807) is 24.3 Å². The fraction of sp³-hybridized carbons (Fsp3) is 0.717. The molecule has 0 aliphatic rings. The summed E-state index contributed by atoms with van der Waals surface area (Å²) in [6.07, 6.45) is 39.2. The van der Waals surface area contributed by atoms with Gasteiger partial charge < -0.3 is 35.4 Å². The van der Waals surface area contributed by atoms with Gasteiger partial charge in [-0.1, -0.05) is 158 Å². The van der Waals surface area contributed by atoms with E-state index < -0.39 is 69.9 Å². The Balaban J connectivity index is 4.59. The number of aliphatic hydroxyl groups is 2. The molecule has 60 heavy (non-hydrogen) atoms. The smallest absolute Gasteiger partial charge is 0.472 e. The summed E-state index contributed by atoms with van der Waals surface area (Å²) in [6.45, 7) is 2.46. The lowest BCUT2D eigenvalue weighted by atomic mass is 10.1. The van der Waals surface area contributed by atoms with Crippen LogP contribution in [-0.2, 0) is 37.5 Å². The van der Waals surface area contributed by atoms with Gasteiger partial charge in [-0.25, -0.2) is 4.57 Å². The number of nitrogens with two attached hydrogens (primary N) is 1. The molecule has 0 fully saturated rings. The number of rotatable bonds is 41. The molecule has 0 aliphatic carbocycles. The lowest BCUT2D eigenvalue weighted by molar-refractivity contribution is -0.161. The van der Waals surface area contributed by atoms with Gasteiger partial charge >= 0.3 is 25.7 Å². The minimum Gasteiger partial charge on any atom is -0.480 e. The Morgan fingerprint density at radius 3 is 1.65 bits per heavy atom. The maximum atomic E-state index is 12.6. The molecule has 0 spiro atoms. The number of allylic oxidation sites excluding steroid dienone is 8. The van der Waals surface area contributed by atoms with Crippen molar-refractivity contribution >= 4 is 25.7 Å². The fourth-order valence-corrected chi connectivity index (χ4v) is 6.58.